The molecule has 18 heteroatoms. The molecule has 2 amide bonds. The lowest BCUT2D eigenvalue weighted by Crippen LogP contribution is -2.55. The van der Waals surface area contributed by atoms with Crippen LogP contribution in [-0.4, -0.2) is 151 Å². The van der Waals surface area contributed by atoms with Gasteiger partial charge in [-0.2, -0.15) is 19.0 Å². The number of aliphatic hydroxyl groups is 1. The number of anilines is 1. The van der Waals surface area contributed by atoms with Crippen LogP contribution in [0.25, 0.3) is 16.9 Å². The van der Waals surface area contributed by atoms with E-state index in [0.29, 0.717) is 68.9 Å². The van der Waals surface area contributed by atoms with Crippen LogP contribution in [0.2, 0.25) is 0 Å². The highest BCUT2D eigenvalue weighted by Crippen LogP contribution is 2.39. The van der Waals surface area contributed by atoms with Crippen LogP contribution in [0.4, 0.5) is 14.5 Å². The quantitative estimate of drug-likeness (QED) is 0.152. The largest absolute Gasteiger partial charge is 0.434 e. The fourth-order valence-corrected chi connectivity index (χ4v) is 8.30. The van der Waals surface area contributed by atoms with Gasteiger partial charge in [0.05, 0.1) is 37.2 Å². The summed E-state index contributed by atoms with van der Waals surface area (Å²) in [6.45, 7) is 8.47. The maximum Gasteiger partial charge on any atom is 0.387 e. The maximum atomic E-state index is 13.7. The minimum absolute atomic E-state index is 0.0820. The van der Waals surface area contributed by atoms with Crippen molar-refractivity contribution >= 4 is 34.9 Å². The van der Waals surface area contributed by atoms with Gasteiger partial charge in [-0.3, -0.25) is 24.1 Å². The number of aromatic nitrogens is 5. The van der Waals surface area contributed by atoms with E-state index in [2.05, 4.69) is 25.2 Å². The first kappa shape index (κ1) is 38.9. The Morgan fingerprint density at radius 2 is 1.75 bits per heavy atom. The van der Waals surface area contributed by atoms with E-state index < -0.39 is 12.8 Å². The molecule has 3 saturated heterocycles. The smallest absolute Gasteiger partial charge is 0.387 e. The average molecular weight is 783 g/mol. The molecule has 0 spiro atoms. The zero-order chi connectivity index (χ0) is 38.5. The summed E-state index contributed by atoms with van der Waals surface area (Å²) in [6.07, 6.45) is 6.78. The first-order chi connectivity index (χ1) is 26.6. The number of benzene rings is 1. The molecule has 55 heavy (non-hydrogen) atoms. The molecule has 3 aliphatic heterocycles. The first-order valence-corrected chi connectivity index (χ1v) is 19.6. The second-order valence-corrected chi connectivity index (χ2v) is 15.9. The molecule has 3 aliphatic rings. The molecule has 6 heterocycles. The van der Waals surface area contributed by atoms with Crippen LogP contribution in [0.15, 0.2) is 53.9 Å². The summed E-state index contributed by atoms with van der Waals surface area (Å²) in [4.78, 5) is 40.0. The standard InChI is InChI=1S/C37H48F2N10O5S/c1-25(2)55-27-4-5-31(54-37(38)39)28(20-27)34-30(42-36(52)29-21-41-49-9-3-8-40-35(29)49)22-48(43-34)24-33(51)46-10-6-26(7-11-46)45-14-12-44(13-15-45)23-32(50)47-16-18-53-19-17-47/h3-5,8-9,20-22,25-26,36-37,42,52H,6-7,10-19,23-24H2,1-2H3. The third kappa shape index (κ3) is 9.55. The van der Waals surface area contributed by atoms with Gasteiger partial charge in [-0.05, 0) is 37.1 Å². The topological polar surface area (TPSA) is 146 Å². The van der Waals surface area contributed by atoms with Gasteiger partial charge in [0.1, 0.15) is 18.0 Å². The number of nitrogens with zero attached hydrogens (tertiary/aromatic N) is 9. The average Bonchev–Trinajstić information content (AvgIpc) is 3.79. The number of fused-ring (bicyclic) bond motifs is 1. The number of piperazine rings is 1. The van der Waals surface area contributed by atoms with E-state index in [-0.39, 0.29) is 40.6 Å². The van der Waals surface area contributed by atoms with Gasteiger partial charge in [0.2, 0.25) is 11.8 Å². The van der Waals surface area contributed by atoms with Crippen molar-refractivity contribution in [2.24, 2.45) is 0 Å². The Bertz CT molecular complexity index is 1920. The highest BCUT2D eigenvalue weighted by Gasteiger charge is 2.31. The molecule has 0 radical (unpaired) electrons. The van der Waals surface area contributed by atoms with Crippen molar-refractivity contribution in [1.29, 1.82) is 0 Å². The first-order valence-electron chi connectivity index (χ1n) is 18.8. The van der Waals surface area contributed by atoms with Crippen molar-refractivity contribution in [2.75, 3.05) is 77.4 Å². The Hall–Kier alpha value is -4.36. The van der Waals surface area contributed by atoms with Crippen molar-refractivity contribution in [3.05, 3.63) is 54.6 Å². The number of ether oxygens (including phenoxy) is 2. The van der Waals surface area contributed by atoms with E-state index in [0.717, 1.165) is 43.9 Å². The van der Waals surface area contributed by atoms with Crippen molar-refractivity contribution in [3.8, 4) is 17.0 Å². The van der Waals surface area contributed by atoms with Crippen molar-refractivity contribution < 1.29 is 33.0 Å². The number of likely N-dealkylation sites (tertiary alicyclic amines) is 1. The van der Waals surface area contributed by atoms with E-state index in [1.165, 1.54) is 21.5 Å². The zero-order valence-corrected chi connectivity index (χ0v) is 31.9. The molecular weight excluding hydrogens is 735 g/mol. The van der Waals surface area contributed by atoms with Gasteiger partial charge in [0, 0.05) is 92.7 Å². The molecule has 0 aliphatic carbocycles. The number of nitrogens with one attached hydrogen (secondary N) is 1. The Balaban J connectivity index is 1.03. The SMILES string of the molecule is CC(C)Sc1ccc(OC(F)F)c(-c2nn(CC(=O)N3CCC(N4CCN(CC(=O)N5CCOCC5)CC4)CC3)cc2NC(O)c2cnn3cccnc23)c1. The number of piperidine rings is 1. The molecule has 2 N–H and O–H groups in total. The summed E-state index contributed by atoms with van der Waals surface area (Å²) in [7, 11) is 0. The van der Waals surface area contributed by atoms with E-state index in [1.807, 2.05) is 23.6 Å². The number of halogens is 2. The Morgan fingerprint density at radius 3 is 2.47 bits per heavy atom. The number of aliphatic hydroxyl groups excluding tert-OH is 1. The molecular formula is C37H48F2N10O5S. The van der Waals surface area contributed by atoms with E-state index >= 15 is 0 Å². The monoisotopic (exact) mass is 782 g/mol. The Kier molecular flexibility index (Phi) is 12.5. The Morgan fingerprint density at radius 1 is 1.02 bits per heavy atom. The summed E-state index contributed by atoms with van der Waals surface area (Å²) in [5.74, 6) is -0.0376. The van der Waals surface area contributed by atoms with Crippen LogP contribution in [0.5, 0.6) is 5.75 Å². The Labute approximate surface area is 322 Å². The molecule has 3 aromatic heterocycles. The van der Waals surface area contributed by atoms with Gasteiger partial charge in [-0.15, -0.1) is 11.8 Å². The predicted octanol–water partition coefficient (Wildman–Crippen LogP) is 3.27. The maximum absolute atomic E-state index is 13.7. The van der Waals surface area contributed by atoms with Crippen LogP contribution in [0.3, 0.4) is 0 Å². The lowest BCUT2D eigenvalue weighted by molar-refractivity contribution is -0.137. The molecule has 3 fully saturated rings. The number of rotatable bonds is 13. The highest BCUT2D eigenvalue weighted by atomic mass is 32.2. The fraction of sp³-hybridized carbons (Fsp3) is 0.541. The molecule has 1 unspecified atom stereocenters. The second kappa shape index (κ2) is 17.6. The molecule has 7 rings (SSSR count). The normalized spacial score (nSPS) is 18.4. The van der Waals surface area contributed by atoms with Gasteiger partial charge in [-0.25, -0.2) is 9.50 Å². The molecule has 15 nitrogen and oxygen atoms in total. The zero-order valence-electron chi connectivity index (χ0n) is 31.1. The van der Waals surface area contributed by atoms with Crippen LogP contribution in [-0.2, 0) is 20.9 Å². The third-order valence-corrected chi connectivity index (χ3v) is 11.2. The highest BCUT2D eigenvalue weighted by molar-refractivity contribution is 7.99. The number of morpholine rings is 1. The molecule has 1 aromatic carbocycles. The van der Waals surface area contributed by atoms with Gasteiger partial charge >= 0.3 is 6.61 Å². The molecule has 296 valence electrons. The summed E-state index contributed by atoms with van der Waals surface area (Å²) in [5.41, 5.74) is 1.67. The number of carbonyl (C=O) groups excluding carboxylic acids is 2. The lowest BCUT2D eigenvalue weighted by Gasteiger charge is -2.43. The number of amides is 2. The van der Waals surface area contributed by atoms with Crippen LogP contribution in [0.1, 0.15) is 38.5 Å². The van der Waals surface area contributed by atoms with Crippen LogP contribution < -0.4 is 10.1 Å². The molecule has 1 atom stereocenters. The van der Waals surface area contributed by atoms with Gasteiger partial charge in [0.25, 0.3) is 0 Å². The summed E-state index contributed by atoms with van der Waals surface area (Å²) in [6, 6.07) is 7.01. The summed E-state index contributed by atoms with van der Waals surface area (Å²) >= 11 is 1.56. The number of carbonyl (C=O) groups is 2. The number of thioether (sulfide) groups is 1. The number of hydrogen-bond donors (Lipinski definition) is 2. The van der Waals surface area contributed by atoms with Crippen molar-refractivity contribution in [2.45, 2.75) is 62.3 Å². The minimum Gasteiger partial charge on any atom is -0.434 e. The fourth-order valence-electron chi connectivity index (χ4n) is 7.42. The predicted molar refractivity (Wildman–Crippen MR) is 202 cm³/mol. The third-order valence-electron chi connectivity index (χ3n) is 10.2. The van der Waals surface area contributed by atoms with E-state index in [9.17, 15) is 23.5 Å². The number of alkyl halides is 2. The number of hydrogen-bond acceptors (Lipinski definition) is 12. The van der Waals surface area contributed by atoms with E-state index in [1.54, 1.807) is 48.6 Å². The second-order valence-electron chi connectivity index (χ2n) is 14.2. The van der Waals surface area contributed by atoms with Crippen molar-refractivity contribution in [3.63, 3.8) is 0 Å². The van der Waals surface area contributed by atoms with Gasteiger partial charge in [0.15, 0.2) is 11.9 Å². The molecule has 4 aromatic rings. The van der Waals surface area contributed by atoms with Gasteiger partial charge < -0.3 is 29.7 Å². The lowest BCUT2D eigenvalue weighted by atomic mass is 10.0. The van der Waals surface area contributed by atoms with E-state index in [4.69, 9.17) is 14.6 Å². The minimum atomic E-state index is -3.07. The molecule has 0 saturated carbocycles. The van der Waals surface area contributed by atoms with Crippen LogP contribution >= 0.6 is 11.8 Å². The van der Waals surface area contributed by atoms with Gasteiger partial charge in [-0.1, -0.05) is 13.8 Å². The van der Waals surface area contributed by atoms with Crippen molar-refractivity contribution in [1.82, 2.24) is 44.0 Å². The van der Waals surface area contributed by atoms with Crippen LogP contribution in [0, 0.1) is 0 Å². The molecule has 0 bridgehead atoms. The summed E-state index contributed by atoms with van der Waals surface area (Å²) < 4.78 is 40.6. The summed E-state index contributed by atoms with van der Waals surface area (Å²) in [5, 5.41) is 23.6.